The Morgan fingerprint density at radius 2 is 1.06 bits per heavy atom. The molecular weight excluding hydrogens is 1170 g/mol. The molecule has 3 heterocycles. The van der Waals surface area contributed by atoms with Crippen molar-refractivity contribution in [3.8, 4) is 50.7 Å². The van der Waals surface area contributed by atoms with Gasteiger partial charge in [-0.05, 0) is 114 Å². The number of aromatic nitrogens is 2. The number of benzene rings is 10. The van der Waals surface area contributed by atoms with Gasteiger partial charge in [-0.15, -0.1) is 48.1 Å². The van der Waals surface area contributed by atoms with Crippen LogP contribution in [0.5, 0.6) is 11.5 Å². The van der Waals surface area contributed by atoms with Crippen molar-refractivity contribution < 1.29 is 25.8 Å². The van der Waals surface area contributed by atoms with Crippen LogP contribution in [0, 0.1) is 18.8 Å². The van der Waals surface area contributed by atoms with E-state index in [2.05, 4.69) is 293 Å². The molecule has 0 amide bonds. The number of anilines is 4. The monoisotopic (exact) mass is 1230 g/mol. The summed E-state index contributed by atoms with van der Waals surface area (Å²) in [5.41, 5.74) is 19.9. The Bertz CT molecular complexity index is 4280. The molecule has 0 fully saturated rings. The Morgan fingerprint density at radius 1 is 0.457 bits per heavy atom. The fraction of sp³-hybridized carbons (Fsp3) is 0.120. The Balaban J connectivity index is 0.00000618. The molecular formula is C75H59N4OPt-3. The molecule has 1 unspecified atom stereocenters. The summed E-state index contributed by atoms with van der Waals surface area (Å²) in [7, 11) is 0. The third-order valence-electron chi connectivity index (χ3n) is 16.3. The van der Waals surface area contributed by atoms with Crippen molar-refractivity contribution in [2.75, 3.05) is 9.80 Å². The van der Waals surface area contributed by atoms with Crippen LogP contribution >= 0.6 is 0 Å². The number of hydrogen-bond acceptors (Lipinski definition) is 4. The van der Waals surface area contributed by atoms with E-state index in [1.807, 2.05) is 24.4 Å². The smallest absolute Gasteiger partial charge is 0.135 e. The van der Waals surface area contributed by atoms with Gasteiger partial charge in [0, 0.05) is 72.5 Å². The molecule has 0 saturated carbocycles. The van der Waals surface area contributed by atoms with Crippen molar-refractivity contribution in [2.45, 2.75) is 57.8 Å². The second kappa shape index (κ2) is 20.1. The Labute approximate surface area is 490 Å². The zero-order valence-corrected chi connectivity index (χ0v) is 48.5. The van der Waals surface area contributed by atoms with E-state index in [1.54, 1.807) is 0 Å². The van der Waals surface area contributed by atoms with Crippen molar-refractivity contribution in [3.05, 3.63) is 295 Å². The SMILES string of the molecule is CC(C)(C)c1cc(-c2ccccc2)c(N2[CH-]N(c3[c-]c(Oc4[c-]c5c(cc4)c4ccccc4n5-c4cc(C5(c6ccccc6)c6ccccc6-c6ccc(C(C)(C)C)cc65)ccn4)ccc3)c3ccccc32)c(-c2ccccc2)c1.[Pt]. The first-order chi connectivity index (χ1) is 38.9. The number of fused-ring (bicyclic) bond motifs is 7. The number of pyridine rings is 1. The number of nitrogens with zero attached hydrogens (tertiary/aromatic N) is 4. The predicted octanol–water partition coefficient (Wildman–Crippen LogP) is 19.3. The Hall–Kier alpha value is -8.76. The molecule has 0 bridgehead atoms. The topological polar surface area (TPSA) is 33.5 Å². The summed E-state index contributed by atoms with van der Waals surface area (Å²) in [4.78, 5) is 9.78. The molecule has 5 nitrogen and oxygen atoms in total. The largest absolute Gasteiger partial charge is 0.509 e. The van der Waals surface area contributed by atoms with Crippen LogP contribution in [-0.2, 0) is 37.3 Å². The molecule has 1 aliphatic heterocycles. The van der Waals surface area contributed by atoms with Crippen molar-refractivity contribution in [1.29, 1.82) is 0 Å². The molecule has 2 aromatic heterocycles. The molecule has 6 heteroatoms. The summed E-state index contributed by atoms with van der Waals surface area (Å²) in [6.07, 6.45) is 1.98. The summed E-state index contributed by atoms with van der Waals surface area (Å²) < 4.78 is 9.12. The molecule has 12 aromatic rings. The molecule has 0 radical (unpaired) electrons. The minimum absolute atomic E-state index is 0. The molecule has 1 atom stereocenters. The van der Waals surface area contributed by atoms with Crippen LogP contribution in [0.1, 0.15) is 74.9 Å². The number of hydrogen-bond donors (Lipinski definition) is 0. The van der Waals surface area contributed by atoms with Gasteiger partial charge >= 0.3 is 0 Å². The van der Waals surface area contributed by atoms with Crippen LogP contribution in [0.15, 0.2) is 243 Å². The summed E-state index contributed by atoms with van der Waals surface area (Å²) in [5.74, 6) is 1.95. The molecule has 14 rings (SSSR count). The number of ether oxygens (including phenoxy) is 1. The second-order valence-electron chi connectivity index (χ2n) is 23.3. The Morgan fingerprint density at radius 3 is 1.77 bits per heavy atom. The molecule has 0 N–H and O–H groups in total. The van der Waals surface area contributed by atoms with Crippen molar-refractivity contribution in [1.82, 2.24) is 9.55 Å². The third kappa shape index (κ3) is 8.69. The van der Waals surface area contributed by atoms with Gasteiger partial charge in [0.25, 0.3) is 0 Å². The van der Waals surface area contributed by atoms with Gasteiger partial charge in [0.2, 0.25) is 0 Å². The van der Waals surface area contributed by atoms with Crippen molar-refractivity contribution in [2.24, 2.45) is 0 Å². The van der Waals surface area contributed by atoms with Gasteiger partial charge in [0.05, 0.1) is 5.41 Å². The summed E-state index contributed by atoms with van der Waals surface area (Å²) >= 11 is 0. The summed E-state index contributed by atoms with van der Waals surface area (Å²) in [6, 6.07) is 92.8. The molecule has 10 aromatic carbocycles. The maximum Gasteiger partial charge on any atom is 0.135 e. The molecule has 2 aliphatic rings. The van der Waals surface area contributed by atoms with Gasteiger partial charge in [-0.25, -0.2) is 4.98 Å². The van der Waals surface area contributed by atoms with Crippen molar-refractivity contribution in [3.63, 3.8) is 0 Å². The quantitative estimate of drug-likeness (QED) is 0.135. The normalized spacial score (nSPS) is 14.6. The minimum atomic E-state index is -0.612. The number of rotatable bonds is 9. The van der Waals surface area contributed by atoms with Gasteiger partial charge in [-0.1, -0.05) is 211 Å². The first-order valence-electron chi connectivity index (χ1n) is 27.7. The summed E-state index contributed by atoms with van der Waals surface area (Å²) in [6.45, 7) is 16.0. The minimum Gasteiger partial charge on any atom is -0.509 e. The molecule has 0 spiro atoms. The van der Waals surface area contributed by atoms with Gasteiger partial charge in [0.1, 0.15) is 5.82 Å². The maximum atomic E-state index is 6.87. The van der Waals surface area contributed by atoms with Gasteiger partial charge in [-0.3, -0.25) is 0 Å². The second-order valence-corrected chi connectivity index (χ2v) is 23.3. The number of para-hydroxylation sites is 3. The van der Waals surface area contributed by atoms with Crippen LogP contribution in [0.25, 0.3) is 61.0 Å². The first kappa shape index (κ1) is 51.7. The predicted molar refractivity (Wildman–Crippen MR) is 330 cm³/mol. The first-order valence-corrected chi connectivity index (χ1v) is 27.7. The van der Waals surface area contributed by atoms with E-state index in [0.29, 0.717) is 11.5 Å². The third-order valence-corrected chi connectivity index (χ3v) is 16.3. The van der Waals surface area contributed by atoms with E-state index in [-0.39, 0.29) is 31.9 Å². The van der Waals surface area contributed by atoms with Crippen LogP contribution in [0.4, 0.5) is 22.7 Å². The zero-order chi connectivity index (χ0) is 54.3. The van der Waals surface area contributed by atoms with Crippen LogP contribution in [0.2, 0.25) is 0 Å². The summed E-state index contributed by atoms with van der Waals surface area (Å²) in [5, 5.41) is 2.17. The van der Waals surface area contributed by atoms with E-state index >= 15 is 0 Å². The van der Waals surface area contributed by atoms with Crippen LogP contribution < -0.4 is 14.5 Å². The van der Waals surface area contributed by atoms with Gasteiger partial charge in [-0.2, -0.15) is 12.1 Å². The van der Waals surface area contributed by atoms with E-state index in [4.69, 9.17) is 9.72 Å². The molecule has 0 saturated heterocycles. The fourth-order valence-electron chi connectivity index (χ4n) is 12.4. The van der Waals surface area contributed by atoms with Gasteiger partial charge in [0.15, 0.2) is 0 Å². The van der Waals surface area contributed by atoms with Crippen molar-refractivity contribution >= 4 is 44.6 Å². The average Bonchev–Trinajstić information content (AvgIpc) is 4.26. The Kier molecular flexibility index (Phi) is 12.8. The molecule has 1 aliphatic carbocycles. The fourth-order valence-corrected chi connectivity index (χ4v) is 12.4. The van der Waals surface area contributed by atoms with E-state index in [1.165, 1.54) is 38.9 Å². The van der Waals surface area contributed by atoms with E-state index in [0.717, 1.165) is 78.2 Å². The molecule has 398 valence electrons. The zero-order valence-electron chi connectivity index (χ0n) is 46.2. The van der Waals surface area contributed by atoms with Gasteiger partial charge < -0.3 is 19.1 Å². The van der Waals surface area contributed by atoms with E-state index in [9.17, 15) is 0 Å². The van der Waals surface area contributed by atoms with Crippen LogP contribution in [0.3, 0.4) is 0 Å². The average molecular weight is 1230 g/mol. The molecule has 81 heavy (non-hydrogen) atoms. The van der Waals surface area contributed by atoms with E-state index < -0.39 is 5.41 Å². The van der Waals surface area contributed by atoms with Crippen LogP contribution in [-0.4, -0.2) is 9.55 Å². The standard InChI is InChI=1S/C75H59N4O.Pt/c1-73(2,3)53-37-39-60-59-31-16-18-33-65(59)75(66(60)45-53,52-27-14-9-15-28-52)54-41-42-76-71(46-54)79-67-34-19-17-32-61(67)62-40-38-58(48-70(62)79)80-57-30-22-29-56(47-57)77-49-78(69-36-21-20-35-68(69)77)72-63(50-23-10-7-11-24-50)43-55(74(4,5)6)44-64(72)51-25-12-8-13-26-51;/h7-46,49H,1-6H3;/q-3;. The maximum absolute atomic E-state index is 6.87.